The fourth-order valence-electron chi connectivity index (χ4n) is 3.57. The van der Waals surface area contributed by atoms with Crippen molar-refractivity contribution in [2.24, 2.45) is 5.73 Å². The maximum Gasteiger partial charge on any atom is 0.251 e. The third kappa shape index (κ3) is 9.47. The molecule has 1 aromatic carbocycles. The number of anilines is 4. The smallest absolute Gasteiger partial charge is 0.251 e. The summed E-state index contributed by atoms with van der Waals surface area (Å²) >= 11 is 0. The Labute approximate surface area is 206 Å². The molecule has 1 aliphatic carbocycles. The molecule has 1 amide bonds. The van der Waals surface area contributed by atoms with Gasteiger partial charge in [0.05, 0.1) is 26.4 Å². The molecule has 190 valence electrons. The number of rotatable bonds is 16. The number of hydrogen-bond donors (Lipinski definition) is 5. The summed E-state index contributed by atoms with van der Waals surface area (Å²) in [7, 11) is 0. The number of benzene rings is 1. The molecule has 6 N–H and O–H groups in total. The zero-order chi connectivity index (χ0) is 24.7. The Balaban J connectivity index is 1.51. The first kappa shape index (κ1) is 26.3. The van der Waals surface area contributed by atoms with E-state index in [1.165, 1.54) is 12.8 Å². The number of carbonyl (C=O) groups is 1. The van der Waals surface area contributed by atoms with E-state index in [4.69, 9.17) is 15.2 Å². The van der Waals surface area contributed by atoms with Crippen molar-refractivity contribution in [2.45, 2.75) is 31.7 Å². The van der Waals surface area contributed by atoms with E-state index in [-0.39, 0.29) is 5.91 Å². The van der Waals surface area contributed by atoms with Gasteiger partial charge in [0.1, 0.15) is 0 Å². The molecular formula is C24H36N8O3. The maximum atomic E-state index is 12.4. The number of nitrogens with two attached hydrogens (primary N) is 1. The standard InChI is InChI=1S/C24H36N8O3/c1-2-12-27-22-30-23(28-19-5-3-4-6-19)32-24(31-22)29-20-9-7-18(8-10-20)21(33)26-13-15-35-17-16-34-14-11-25/h2,7-10,19H,1,3-6,11-17,25H2,(H,26,33)(H3,27,28,29,30,31,32). The van der Waals surface area contributed by atoms with E-state index >= 15 is 0 Å². The molecule has 1 saturated carbocycles. The third-order valence-electron chi connectivity index (χ3n) is 5.30. The second-order valence-corrected chi connectivity index (χ2v) is 8.07. The molecule has 1 fully saturated rings. The lowest BCUT2D eigenvalue weighted by molar-refractivity contribution is 0.0511. The molecule has 35 heavy (non-hydrogen) atoms. The zero-order valence-corrected chi connectivity index (χ0v) is 20.1. The fraction of sp³-hybridized carbons (Fsp3) is 0.500. The van der Waals surface area contributed by atoms with Crippen LogP contribution in [0.3, 0.4) is 0 Å². The Morgan fingerprint density at radius 1 is 1.00 bits per heavy atom. The van der Waals surface area contributed by atoms with Gasteiger partial charge >= 0.3 is 0 Å². The average Bonchev–Trinajstić information content (AvgIpc) is 3.37. The Bertz CT molecular complexity index is 919. The van der Waals surface area contributed by atoms with Gasteiger partial charge in [-0.3, -0.25) is 4.79 Å². The SMILES string of the molecule is C=CCNc1nc(Nc2ccc(C(=O)NCCOCCOCCN)cc2)nc(NC2CCCC2)n1. The van der Waals surface area contributed by atoms with Gasteiger partial charge in [-0.2, -0.15) is 15.0 Å². The van der Waals surface area contributed by atoms with Gasteiger partial charge in [0.15, 0.2) is 0 Å². The van der Waals surface area contributed by atoms with Crippen molar-refractivity contribution >= 4 is 29.4 Å². The predicted octanol–water partition coefficient (Wildman–Crippen LogP) is 2.29. The van der Waals surface area contributed by atoms with E-state index in [9.17, 15) is 4.79 Å². The van der Waals surface area contributed by atoms with Crippen molar-refractivity contribution in [1.29, 1.82) is 0 Å². The highest BCUT2D eigenvalue weighted by atomic mass is 16.5. The van der Waals surface area contributed by atoms with Crippen molar-refractivity contribution in [3.63, 3.8) is 0 Å². The van der Waals surface area contributed by atoms with Crippen molar-refractivity contribution < 1.29 is 14.3 Å². The molecule has 0 unspecified atom stereocenters. The zero-order valence-electron chi connectivity index (χ0n) is 20.1. The molecule has 0 bridgehead atoms. The maximum absolute atomic E-state index is 12.4. The van der Waals surface area contributed by atoms with Crippen LogP contribution in [0.2, 0.25) is 0 Å². The van der Waals surface area contributed by atoms with Gasteiger partial charge in [-0.25, -0.2) is 0 Å². The van der Waals surface area contributed by atoms with Crippen LogP contribution in [0.5, 0.6) is 0 Å². The molecule has 2 aromatic rings. The molecule has 0 aliphatic heterocycles. The number of ether oxygens (including phenoxy) is 2. The molecule has 0 atom stereocenters. The Hall–Kier alpha value is -3.28. The normalized spacial score (nSPS) is 13.4. The molecule has 1 aliphatic rings. The molecule has 1 heterocycles. The molecule has 0 radical (unpaired) electrons. The van der Waals surface area contributed by atoms with E-state index < -0.39 is 0 Å². The van der Waals surface area contributed by atoms with E-state index in [1.807, 2.05) is 12.1 Å². The summed E-state index contributed by atoms with van der Waals surface area (Å²) in [5.41, 5.74) is 6.66. The van der Waals surface area contributed by atoms with Gasteiger partial charge in [0.25, 0.3) is 5.91 Å². The molecule has 0 saturated heterocycles. The minimum absolute atomic E-state index is 0.168. The van der Waals surface area contributed by atoms with Crippen LogP contribution in [0.25, 0.3) is 0 Å². The van der Waals surface area contributed by atoms with Crippen LogP contribution in [-0.4, -0.2) is 73.0 Å². The lowest BCUT2D eigenvalue weighted by atomic mass is 10.2. The monoisotopic (exact) mass is 484 g/mol. The summed E-state index contributed by atoms with van der Waals surface area (Å²) in [6, 6.07) is 7.49. The van der Waals surface area contributed by atoms with Crippen LogP contribution >= 0.6 is 0 Å². The van der Waals surface area contributed by atoms with Crippen molar-refractivity contribution in [1.82, 2.24) is 20.3 Å². The minimum Gasteiger partial charge on any atom is -0.378 e. The fourth-order valence-corrected chi connectivity index (χ4v) is 3.57. The number of carbonyl (C=O) groups excluding carboxylic acids is 1. The number of nitrogens with one attached hydrogen (secondary N) is 4. The largest absolute Gasteiger partial charge is 0.378 e. The summed E-state index contributed by atoms with van der Waals surface area (Å²) in [6.07, 6.45) is 6.40. The summed E-state index contributed by atoms with van der Waals surface area (Å²) in [5.74, 6) is 1.24. The first-order valence-corrected chi connectivity index (χ1v) is 12.1. The number of hydrogen-bond acceptors (Lipinski definition) is 10. The first-order valence-electron chi connectivity index (χ1n) is 12.1. The minimum atomic E-state index is -0.168. The van der Waals surface area contributed by atoms with E-state index in [1.54, 1.807) is 18.2 Å². The van der Waals surface area contributed by atoms with E-state index in [0.29, 0.717) is 75.5 Å². The Morgan fingerprint density at radius 2 is 1.69 bits per heavy atom. The summed E-state index contributed by atoms with van der Waals surface area (Å²) in [6.45, 7) is 7.06. The molecule has 3 rings (SSSR count). The average molecular weight is 485 g/mol. The van der Waals surface area contributed by atoms with E-state index in [0.717, 1.165) is 18.5 Å². The van der Waals surface area contributed by atoms with Crippen LogP contribution in [-0.2, 0) is 9.47 Å². The Morgan fingerprint density at radius 3 is 2.40 bits per heavy atom. The molecule has 0 spiro atoms. The topological polar surface area (TPSA) is 148 Å². The lowest BCUT2D eigenvalue weighted by Gasteiger charge is -2.14. The second-order valence-electron chi connectivity index (χ2n) is 8.07. The van der Waals surface area contributed by atoms with Gasteiger partial charge in [-0.1, -0.05) is 18.9 Å². The van der Waals surface area contributed by atoms with Crippen LogP contribution in [0, 0.1) is 0 Å². The number of amides is 1. The van der Waals surface area contributed by atoms with Crippen LogP contribution in [0.15, 0.2) is 36.9 Å². The van der Waals surface area contributed by atoms with Gasteiger partial charge < -0.3 is 36.5 Å². The van der Waals surface area contributed by atoms with Crippen LogP contribution in [0.4, 0.5) is 23.5 Å². The van der Waals surface area contributed by atoms with Crippen molar-refractivity contribution in [2.75, 3.05) is 62.0 Å². The quantitative estimate of drug-likeness (QED) is 0.177. The van der Waals surface area contributed by atoms with Crippen LogP contribution in [0.1, 0.15) is 36.0 Å². The first-order chi connectivity index (χ1) is 17.2. The number of aromatic nitrogens is 3. The molecular weight excluding hydrogens is 448 g/mol. The highest BCUT2D eigenvalue weighted by molar-refractivity contribution is 5.94. The molecule has 1 aromatic heterocycles. The second kappa shape index (κ2) is 14.9. The van der Waals surface area contributed by atoms with Crippen LogP contribution < -0.4 is 27.0 Å². The van der Waals surface area contributed by atoms with Gasteiger partial charge in [-0.05, 0) is 37.1 Å². The summed E-state index contributed by atoms with van der Waals surface area (Å²) in [5, 5.41) is 12.6. The Kier molecular flexibility index (Phi) is 11.2. The molecule has 11 heteroatoms. The molecule has 11 nitrogen and oxygen atoms in total. The van der Waals surface area contributed by atoms with Gasteiger partial charge in [0, 0.05) is 36.9 Å². The van der Waals surface area contributed by atoms with Gasteiger partial charge in [0.2, 0.25) is 17.8 Å². The number of nitrogens with zero attached hydrogens (tertiary/aromatic N) is 3. The van der Waals surface area contributed by atoms with Crippen molar-refractivity contribution in [3.8, 4) is 0 Å². The highest BCUT2D eigenvalue weighted by Gasteiger charge is 2.17. The third-order valence-corrected chi connectivity index (χ3v) is 5.30. The predicted molar refractivity (Wildman–Crippen MR) is 137 cm³/mol. The van der Waals surface area contributed by atoms with Gasteiger partial charge in [-0.15, -0.1) is 6.58 Å². The van der Waals surface area contributed by atoms with E-state index in [2.05, 4.69) is 42.8 Å². The lowest BCUT2D eigenvalue weighted by Crippen LogP contribution is -2.27. The summed E-state index contributed by atoms with van der Waals surface area (Å²) < 4.78 is 10.6. The van der Waals surface area contributed by atoms with Crippen molar-refractivity contribution in [3.05, 3.63) is 42.5 Å². The highest BCUT2D eigenvalue weighted by Crippen LogP contribution is 2.22. The summed E-state index contributed by atoms with van der Waals surface area (Å²) in [4.78, 5) is 25.8.